The highest BCUT2D eigenvalue weighted by Gasteiger charge is 2.23. The topological polar surface area (TPSA) is 0 Å². The second-order valence-corrected chi connectivity index (χ2v) is 2.27. The van der Waals surface area contributed by atoms with Gasteiger partial charge in [-0.25, -0.2) is 0 Å². The summed E-state index contributed by atoms with van der Waals surface area (Å²) in [5.41, 5.74) is 0.738. The molecule has 0 spiro atoms. The van der Waals surface area contributed by atoms with Gasteiger partial charge in [0.1, 0.15) is 0 Å². The van der Waals surface area contributed by atoms with Crippen molar-refractivity contribution in [1.29, 1.82) is 0 Å². The van der Waals surface area contributed by atoms with Crippen molar-refractivity contribution in [3.05, 3.63) is 23.8 Å². The van der Waals surface area contributed by atoms with E-state index < -0.39 is 5.92 Å². The number of alkyl halides is 2. The summed E-state index contributed by atoms with van der Waals surface area (Å²) in [6.07, 6.45) is 4.08. The van der Waals surface area contributed by atoms with E-state index >= 15 is 0 Å². The molecule has 0 bridgehead atoms. The van der Waals surface area contributed by atoms with Crippen LogP contribution >= 0.6 is 0 Å². The van der Waals surface area contributed by atoms with Crippen LogP contribution in [-0.4, -0.2) is 5.92 Å². The second-order valence-electron chi connectivity index (χ2n) is 2.27. The summed E-state index contributed by atoms with van der Waals surface area (Å²) in [6.45, 7) is 1.71. The van der Waals surface area contributed by atoms with E-state index in [1.54, 1.807) is 6.92 Å². The quantitative estimate of drug-likeness (QED) is 0.442. The largest absolute Gasteiger partial charge is 0.285 e. The van der Waals surface area contributed by atoms with Crippen LogP contribution < -0.4 is 0 Å². The molecule has 1 aliphatic carbocycles. The van der Waals surface area contributed by atoms with Gasteiger partial charge in [-0.1, -0.05) is 11.6 Å². The third-order valence-corrected chi connectivity index (χ3v) is 1.22. The third kappa shape index (κ3) is 1.63. The van der Waals surface area contributed by atoms with E-state index in [-0.39, 0.29) is 0 Å². The van der Waals surface area contributed by atoms with Crippen molar-refractivity contribution in [2.75, 3.05) is 0 Å². The summed E-state index contributed by atoms with van der Waals surface area (Å²) >= 11 is 0. The summed E-state index contributed by atoms with van der Waals surface area (Å²) in [4.78, 5) is 0. The molecular formula is C7H8F2. The fourth-order valence-electron chi connectivity index (χ4n) is 0.838. The SMILES string of the molecule is CC1=CC(F)(F)C=CC1. The molecule has 2 heteroatoms. The van der Waals surface area contributed by atoms with Gasteiger partial charge in [-0.05, 0) is 25.5 Å². The van der Waals surface area contributed by atoms with Gasteiger partial charge in [-0.2, -0.15) is 8.78 Å². The van der Waals surface area contributed by atoms with Crippen LogP contribution in [0.4, 0.5) is 8.78 Å². The molecule has 50 valence electrons. The average Bonchev–Trinajstić information content (AvgIpc) is 1.60. The highest BCUT2D eigenvalue weighted by Crippen LogP contribution is 2.24. The molecule has 0 aliphatic heterocycles. The molecule has 0 fully saturated rings. The normalized spacial score (nSPS) is 23.7. The Kier molecular flexibility index (Phi) is 1.39. The number of rotatable bonds is 0. The van der Waals surface area contributed by atoms with E-state index in [0.717, 1.165) is 17.7 Å². The minimum Gasteiger partial charge on any atom is -0.197 e. The molecule has 9 heavy (non-hydrogen) atoms. The Morgan fingerprint density at radius 2 is 2.22 bits per heavy atom. The van der Waals surface area contributed by atoms with Gasteiger partial charge in [0.2, 0.25) is 0 Å². The molecule has 0 N–H and O–H groups in total. The van der Waals surface area contributed by atoms with Gasteiger partial charge >= 0.3 is 0 Å². The predicted molar refractivity (Wildman–Crippen MR) is 32.5 cm³/mol. The molecule has 0 aromatic rings. The first-order valence-corrected chi connectivity index (χ1v) is 2.84. The number of allylic oxidation sites excluding steroid dienone is 4. The molecule has 0 atom stereocenters. The lowest BCUT2D eigenvalue weighted by atomic mass is 10.1. The summed E-state index contributed by atoms with van der Waals surface area (Å²) in [6, 6.07) is 0. The Labute approximate surface area is 52.9 Å². The molecule has 0 amide bonds. The minimum atomic E-state index is -2.69. The molecule has 1 rings (SSSR count). The minimum absolute atomic E-state index is 0.662. The molecule has 0 nitrogen and oxygen atoms in total. The molecule has 0 aromatic carbocycles. The molecule has 0 radical (unpaired) electrons. The molecule has 0 unspecified atom stereocenters. The standard InChI is InChI=1S/C7H8F2/c1-6-3-2-4-7(8,9)5-6/h2,4-5H,3H2,1H3. The second kappa shape index (κ2) is 1.94. The maximum atomic E-state index is 12.3. The van der Waals surface area contributed by atoms with Crippen LogP contribution in [0.25, 0.3) is 0 Å². The Bertz CT molecular complexity index is 166. The van der Waals surface area contributed by atoms with E-state index in [4.69, 9.17) is 0 Å². The molecule has 1 aliphatic rings. The van der Waals surface area contributed by atoms with Crippen molar-refractivity contribution in [1.82, 2.24) is 0 Å². The molecular weight excluding hydrogens is 122 g/mol. The van der Waals surface area contributed by atoms with Crippen LogP contribution in [0, 0.1) is 0 Å². The van der Waals surface area contributed by atoms with Crippen molar-refractivity contribution in [2.24, 2.45) is 0 Å². The van der Waals surface area contributed by atoms with Gasteiger partial charge in [0.05, 0.1) is 0 Å². The van der Waals surface area contributed by atoms with Crippen molar-refractivity contribution in [2.45, 2.75) is 19.3 Å². The van der Waals surface area contributed by atoms with E-state index in [1.807, 2.05) is 0 Å². The smallest absolute Gasteiger partial charge is 0.197 e. The summed E-state index contributed by atoms with van der Waals surface area (Å²) < 4.78 is 24.6. The summed E-state index contributed by atoms with van der Waals surface area (Å²) in [7, 11) is 0. The van der Waals surface area contributed by atoms with Crippen LogP contribution in [-0.2, 0) is 0 Å². The van der Waals surface area contributed by atoms with Gasteiger partial charge in [0.25, 0.3) is 5.92 Å². The molecule has 0 heterocycles. The van der Waals surface area contributed by atoms with Crippen LogP contribution in [0.1, 0.15) is 13.3 Å². The van der Waals surface area contributed by atoms with Gasteiger partial charge < -0.3 is 0 Å². The van der Waals surface area contributed by atoms with E-state index in [9.17, 15) is 8.78 Å². The van der Waals surface area contributed by atoms with Gasteiger partial charge in [0, 0.05) is 0 Å². The zero-order valence-electron chi connectivity index (χ0n) is 5.20. The number of hydrogen-bond acceptors (Lipinski definition) is 0. The van der Waals surface area contributed by atoms with Crippen LogP contribution in [0.5, 0.6) is 0 Å². The Hall–Kier alpha value is -0.660. The first-order valence-electron chi connectivity index (χ1n) is 2.84. The molecule has 0 saturated heterocycles. The van der Waals surface area contributed by atoms with Crippen molar-refractivity contribution < 1.29 is 8.78 Å². The fraction of sp³-hybridized carbons (Fsp3) is 0.429. The lowest BCUT2D eigenvalue weighted by Crippen LogP contribution is -2.10. The van der Waals surface area contributed by atoms with Crippen LogP contribution in [0.2, 0.25) is 0 Å². The van der Waals surface area contributed by atoms with Gasteiger partial charge in [-0.15, -0.1) is 0 Å². The van der Waals surface area contributed by atoms with Crippen molar-refractivity contribution in [3.63, 3.8) is 0 Å². The first-order chi connectivity index (χ1) is 4.10. The third-order valence-electron chi connectivity index (χ3n) is 1.22. The zero-order valence-corrected chi connectivity index (χ0v) is 5.20. The highest BCUT2D eigenvalue weighted by molar-refractivity contribution is 5.21. The van der Waals surface area contributed by atoms with E-state index in [1.165, 1.54) is 6.08 Å². The first kappa shape index (κ1) is 6.46. The van der Waals surface area contributed by atoms with Gasteiger partial charge in [-0.3, -0.25) is 0 Å². The Morgan fingerprint density at radius 1 is 1.56 bits per heavy atom. The summed E-state index contributed by atoms with van der Waals surface area (Å²) in [5, 5.41) is 0. The molecule has 0 aromatic heterocycles. The maximum absolute atomic E-state index is 12.3. The highest BCUT2D eigenvalue weighted by atomic mass is 19.3. The summed E-state index contributed by atoms with van der Waals surface area (Å²) in [5.74, 6) is -2.69. The predicted octanol–water partition coefficient (Wildman–Crippen LogP) is 2.53. The lowest BCUT2D eigenvalue weighted by molar-refractivity contribution is 0.108. The monoisotopic (exact) mass is 130 g/mol. The van der Waals surface area contributed by atoms with Crippen molar-refractivity contribution in [3.8, 4) is 0 Å². The Balaban J connectivity index is 2.78. The van der Waals surface area contributed by atoms with Crippen molar-refractivity contribution >= 4 is 0 Å². The molecule has 0 saturated carbocycles. The average molecular weight is 130 g/mol. The zero-order chi connectivity index (χ0) is 6.91. The van der Waals surface area contributed by atoms with Gasteiger partial charge in [0.15, 0.2) is 0 Å². The van der Waals surface area contributed by atoms with Crippen LogP contribution in [0.15, 0.2) is 23.8 Å². The number of hydrogen-bond donors (Lipinski definition) is 0. The number of halogens is 2. The van der Waals surface area contributed by atoms with E-state index in [0.29, 0.717) is 6.42 Å². The van der Waals surface area contributed by atoms with Crippen LogP contribution in [0.3, 0.4) is 0 Å². The lowest BCUT2D eigenvalue weighted by Gasteiger charge is -2.11. The maximum Gasteiger partial charge on any atom is 0.285 e. The fourth-order valence-corrected chi connectivity index (χ4v) is 0.838. The Morgan fingerprint density at radius 3 is 2.56 bits per heavy atom. The van der Waals surface area contributed by atoms with E-state index in [2.05, 4.69) is 0 Å².